The first-order valence-electron chi connectivity index (χ1n) is 10.3. The molecule has 10 nitrogen and oxygen atoms in total. The van der Waals surface area contributed by atoms with Gasteiger partial charge in [0.05, 0.1) is 27.7 Å². The van der Waals surface area contributed by atoms with E-state index in [1.165, 1.54) is 23.1 Å². The first kappa shape index (κ1) is 22.5. The van der Waals surface area contributed by atoms with Crippen molar-refractivity contribution in [2.75, 3.05) is 10.7 Å². The zero-order valence-corrected chi connectivity index (χ0v) is 19.8. The van der Waals surface area contributed by atoms with Crippen molar-refractivity contribution in [3.05, 3.63) is 82.4 Å². The molecular formula is C23H17N7O3S2. The van der Waals surface area contributed by atoms with Gasteiger partial charge < -0.3 is 10.4 Å². The van der Waals surface area contributed by atoms with Crippen molar-refractivity contribution in [2.24, 2.45) is 15.3 Å². The third-order valence-electron chi connectivity index (χ3n) is 4.98. The van der Waals surface area contributed by atoms with Crippen LogP contribution >= 0.6 is 23.1 Å². The number of nitro benzene ring substituents is 1. The second-order valence-electron chi connectivity index (χ2n) is 7.37. The Bertz CT molecular complexity index is 1500. The van der Waals surface area contributed by atoms with E-state index in [0.717, 1.165) is 38.9 Å². The normalized spacial score (nSPS) is 12.7. The van der Waals surface area contributed by atoms with E-state index >= 15 is 0 Å². The molecule has 174 valence electrons. The summed E-state index contributed by atoms with van der Waals surface area (Å²) >= 11 is 2.77. The fraction of sp³-hybridized carbons (Fsp3) is 0.0435. The third kappa shape index (κ3) is 4.98. The number of benzene rings is 3. The van der Waals surface area contributed by atoms with Crippen molar-refractivity contribution in [3.8, 4) is 5.88 Å². The minimum Gasteiger partial charge on any atom is -0.491 e. The van der Waals surface area contributed by atoms with Gasteiger partial charge in [0.15, 0.2) is 0 Å². The Morgan fingerprint density at radius 1 is 1.06 bits per heavy atom. The highest BCUT2D eigenvalue weighted by molar-refractivity contribution is 7.99. The molecule has 0 aliphatic carbocycles. The molecule has 4 aromatic rings. The highest BCUT2D eigenvalue weighted by Crippen LogP contribution is 2.44. The van der Waals surface area contributed by atoms with E-state index in [9.17, 15) is 15.2 Å². The summed E-state index contributed by atoms with van der Waals surface area (Å²) in [5.41, 5.74) is 6.77. The predicted molar refractivity (Wildman–Crippen MR) is 137 cm³/mol. The molecule has 0 atom stereocenters. The van der Waals surface area contributed by atoms with E-state index in [4.69, 9.17) is 0 Å². The first-order chi connectivity index (χ1) is 17.0. The van der Waals surface area contributed by atoms with Gasteiger partial charge in [0.1, 0.15) is 0 Å². The van der Waals surface area contributed by atoms with Gasteiger partial charge in [0.25, 0.3) is 11.6 Å². The summed E-state index contributed by atoms with van der Waals surface area (Å²) in [6.45, 7) is 1.87. The van der Waals surface area contributed by atoms with Gasteiger partial charge in [-0.05, 0) is 42.8 Å². The maximum Gasteiger partial charge on any atom is 0.271 e. The number of aromatic nitrogens is 1. The second-order valence-corrected chi connectivity index (χ2v) is 9.43. The van der Waals surface area contributed by atoms with Gasteiger partial charge in [0.2, 0.25) is 10.1 Å². The fourth-order valence-electron chi connectivity index (χ4n) is 3.25. The van der Waals surface area contributed by atoms with Crippen molar-refractivity contribution < 1.29 is 10.0 Å². The lowest BCUT2D eigenvalue weighted by molar-refractivity contribution is -0.384. The standard InChI is InChI=1S/C23H17N7O3S2/c1-13(14-9-10-20-18(11-14)24-17-7-2-3-8-19(17)34-20)26-29-23-25-21(31)22(35-23)28-27-15-5-4-6-16(12-15)30(32)33/h2-12,24,31H,1H3,(H,25,29). The molecule has 0 saturated carbocycles. The number of fused-ring (bicyclic) bond motifs is 2. The number of thiazole rings is 1. The summed E-state index contributed by atoms with van der Waals surface area (Å²) in [7, 11) is 0. The molecule has 0 unspecified atom stereocenters. The SMILES string of the molecule is CC(=NNc1nc(O)c(N=Nc2cccc([N+](=O)[O-])c2)s1)c1ccc2c(c1)Nc1ccccc1S2. The number of hydrogen-bond donors (Lipinski definition) is 3. The molecule has 1 aliphatic heterocycles. The smallest absolute Gasteiger partial charge is 0.271 e. The molecule has 0 bridgehead atoms. The highest BCUT2D eigenvalue weighted by Gasteiger charge is 2.16. The van der Waals surface area contributed by atoms with Crippen LogP contribution in [-0.4, -0.2) is 20.7 Å². The maximum atomic E-state index is 10.9. The van der Waals surface area contributed by atoms with Crippen LogP contribution in [0.1, 0.15) is 12.5 Å². The number of nitrogens with zero attached hydrogens (tertiary/aromatic N) is 5. The number of nitro groups is 1. The lowest BCUT2D eigenvalue weighted by Gasteiger charge is -2.21. The predicted octanol–water partition coefficient (Wildman–Crippen LogP) is 7.22. The summed E-state index contributed by atoms with van der Waals surface area (Å²) in [4.78, 5) is 16.7. The van der Waals surface area contributed by atoms with Crippen LogP contribution in [0.5, 0.6) is 5.88 Å². The van der Waals surface area contributed by atoms with Crippen molar-refractivity contribution in [3.63, 3.8) is 0 Å². The van der Waals surface area contributed by atoms with E-state index in [1.807, 2.05) is 37.3 Å². The van der Waals surface area contributed by atoms with Gasteiger partial charge in [0, 0.05) is 21.9 Å². The summed E-state index contributed by atoms with van der Waals surface area (Å²) < 4.78 is 0. The van der Waals surface area contributed by atoms with Gasteiger partial charge in [-0.3, -0.25) is 15.5 Å². The molecule has 12 heteroatoms. The van der Waals surface area contributed by atoms with Crippen LogP contribution in [0.2, 0.25) is 0 Å². The second kappa shape index (κ2) is 9.52. The molecule has 5 rings (SSSR count). The molecule has 1 aliphatic rings. The molecule has 0 fully saturated rings. The fourth-order valence-corrected chi connectivity index (χ4v) is 4.84. The minimum absolute atomic E-state index is 0.0951. The van der Waals surface area contributed by atoms with E-state index in [-0.39, 0.29) is 22.3 Å². The quantitative estimate of drug-likeness (QED) is 0.0962. The Morgan fingerprint density at radius 3 is 2.74 bits per heavy atom. The zero-order valence-electron chi connectivity index (χ0n) is 18.2. The van der Waals surface area contributed by atoms with Crippen molar-refractivity contribution in [1.29, 1.82) is 0 Å². The Kier molecular flexibility index (Phi) is 6.12. The first-order valence-corrected chi connectivity index (χ1v) is 11.9. The number of hydrazone groups is 1. The number of non-ortho nitro benzene ring substituents is 1. The van der Waals surface area contributed by atoms with E-state index in [1.54, 1.807) is 17.8 Å². The average Bonchev–Trinajstić information content (AvgIpc) is 3.23. The lowest BCUT2D eigenvalue weighted by Crippen LogP contribution is -2.04. The number of nitrogens with one attached hydrogen (secondary N) is 2. The molecule has 1 aromatic heterocycles. The van der Waals surface area contributed by atoms with Crippen LogP contribution in [-0.2, 0) is 0 Å². The molecule has 35 heavy (non-hydrogen) atoms. The maximum absolute atomic E-state index is 10.9. The van der Waals surface area contributed by atoms with Gasteiger partial charge in [-0.25, -0.2) is 0 Å². The number of anilines is 3. The van der Waals surface area contributed by atoms with E-state index in [2.05, 4.69) is 43.2 Å². The Balaban J connectivity index is 1.29. The minimum atomic E-state index is -0.512. The largest absolute Gasteiger partial charge is 0.491 e. The molecule has 0 radical (unpaired) electrons. The molecule has 2 heterocycles. The Labute approximate surface area is 207 Å². The molecule has 0 spiro atoms. The van der Waals surface area contributed by atoms with E-state index < -0.39 is 4.92 Å². The average molecular weight is 504 g/mol. The highest BCUT2D eigenvalue weighted by atomic mass is 32.2. The van der Waals surface area contributed by atoms with Crippen LogP contribution in [0, 0.1) is 10.1 Å². The van der Waals surface area contributed by atoms with Crippen molar-refractivity contribution >= 4 is 61.7 Å². The van der Waals surface area contributed by atoms with Crippen LogP contribution in [0.25, 0.3) is 0 Å². The zero-order chi connectivity index (χ0) is 24.4. The van der Waals surface area contributed by atoms with Crippen LogP contribution in [0.3, 0.4) is 0 Å². The van der Waals surface area contributed by atoms with Crippen LogP contribution < -0.4 is 10.7 Å². The van der Waals surface area contributed by atoms with Crippen LogP contribution in [0.4, 0.5) is 32.9 Å². The third-order valence-corrected chi connectivity index (χ3v) is 6.97. The Morgan fingerprint density at radius 2 is 1.89 bits per heavy atom. The van der Waals surface area contributed by atoms with Gasteiger partial charge in [-0.2, -0.15) is 10.1 Å². The number of para-hydroxylation sites is 1. The summed E-state index contributed by atoms with van der Waals surface area (Å²) in [5.74, 6) is -0.312. The van der Waals surface area contributed by atoms with E-state index in [0.29, 0.717) is 5.13 Å². The number of aromatic hydroxyl groups is 1. The number of hydrogen-bond acceptors (Lipinski definition) is 11. The van der Waals surface area contributed by atoms with Crippen molar-refractivity contribution in [1.82, 2.24) is 4.98 Å². The number of azo groups is 1. The van der Waals surface area contributed by atoms with Gasteiger partial charge >= 0.3 is 0 Å². The molecular weight excluding hydrogens is 486 g/mol. The van der Waals surface area contributed by atoms with Gasteiger partial charge in [-0.15, -0.1) is 10.2 Å². The molecule has 0 saturated heterocycles. The lowest BCUT2D eigenvalue weighted by atomic mass is 10.1. The molecule has 3 N–H and O–H groups in total. The summed E-state index contributed by atoms with van der Waals surface area (Å²) in [5, 5.41) is 37.2. The monoisotopic (exact) mass is 503 g/mol. The molecule has 3 aromatic carbocycles. The van der Waals surface area contributed by atoms with Crippen LogP contribution in [0.15, 0.2) is 91.9 Å². The summed E-state index contributed by atoms with van der Waals surface area (Å²) in [6, 6.07) is 20.0. The summed E-state index contributed by atoms with van der Waals surface area (Å²) in [6.07, 6.45) is 0. The molecule has 0 amide bonds. The number of rotatable bonds is 6. The van der Waals surface area contributed by atoms with Gasteiger partial charge in [-0.1, -0.05) is 47.4 Å². The Hall–Kier alpha value is -4.29. The van der Waals surface area contributed by atoms with Crippen molar-refractivity contribution in [2.45, 2.75) is 16.7 Å². The topological polar surface area (TPSA) is 137 Å².